The van der Waals surface area contributed by atoms with E-state index in [-0.39, 0.29) is 0 Å². The van der Waals surface area contributed by atoms with Crippen LogP contribution in [0.25, 0.3) is 0 Å². The van der Waals surface area contributed by atoms with Gasteiger partial charge in [0.25, 0.3) is 0 Å². The quantitative estimate of drug-likeness (QED) is 0.420. The van der Waals surface area contributed by atoms with E-state index < -0.39 is 0 Å². The number of nitrogens with two attached hydrogens (primary N) is 1. The third kappa shape index (κ3) is 7.16. The van der Waals surface area contributed by atoms with E-state index in [1.165, 1.54) is 37.7 Å². The van der Waals surface area contributed by atoms with Crippen LogP contribution in [0.3, 0.4) is 0 Å². The third-order valence-corrected chi connectivity index (χ3v) is 3.25. The Morgan fingerprint density at radius 3 is 2.39 bits per heavy atom. The van der Waals surface area contributed by atoms with Crippen LogP contribution >= 0.6 is 0 Å². The second-order valence-electron chi connectivity index (χ2n) is 4.71. The fraction of sp³-hybridized carbons (Fsp3) is 0.529. The van der Waals surface area contributed by atoms with E-state index in [9.17, 15) is 0 Å². The summed E-state index contributed by atoms with van der Waals surface area (Å²) >= 11 is 0. The molecule has 0 radical (unpaired) electrons. The lowest BCUT2D eigenvalue weighted by atomic mass is 9.90. The first-order valence-corrected chi connectivity index (χ1v) is 7.11. The van der Waals surface area contributed by atoms with Crippen LogP contribution in [0.1, 0.15) is 52.4 Å². The maximum atomic E-state index is 5.90. The lowest BCUT2D eigenvalue weighted by Crippen LogP contribution is -2.04. The van der Waals surface area contributed by atoms with Gasteiger partial charge in [0.1, 0.15) is 0 Å². The summed E-state index contributed by atoms with van der Waals surface area (Å²) in [6, 6.07) is 0. The van der Waals surface area contributed by atoms with Crippen molar-refractivity contribution in [3.8, 4) is 0 Å². The molecule has 102 valence electrons. The van der Waals surface area contributed by atoms with E-state index >= 15 is 0 Å². The molecule has 1 unspecified atom stereocenters. The van der Waals surface area contributed by atoms with Crippen LogP contribution in [0, 0.1) is 5.92 Å². The van der Waals surface area contributed by atoms with Gasteiger partial charge < -0.3 is 5.73 Å². The molecule has 0 aliphatic heterocycles. The minimum absolute atomic E-state index is 0.580. The molecule has 0 saturated carbocycles. The molecule has 0 amide bonds. The minimum atomic E-state index is 0.580. The summed E-state index contributed by atoms with van der Waals surface area (Å²) in [6.07, 6.45) is 15.1. The van der Waals surface area contributed by atoms with Gasteiger partial charge in [-0.2, -0.15) is 0 Å². The summed E-state index contributed by atoms with van der Waals surface area (Å²) in [5.74, 6) is 0.580. The molecule has 0 fully saturated rings. The first-order valence-electron chi connectivity index (χ1n) is 7.11. The Hall–Kier alpha value is -1.24. The molecule has 0 aromatic heterocycles. The van der Waals surface area contributed by atoms with Crippen LogP contribution in [-0.4, -0.2) is 0 Å². The summed E-state index contributed by atoms with van der Waals surface area (Å²) in [5, 5.41) is 0. The van der Waals surface area contributed by atoms with Crippen LogP contribution in [-0.2, 0) is 0 Å². The molecule has 0 aromatic carbocycles. The average molecular weight is 247 g/mol. The minimum Gasteiger partial charge on any atom is -0.399 e. The van der Waals surface area contributed by atoms with E-state index in [2.05, 4.69) is 27.0 Å². The predicted molar refractivity (Wildman–Crippen MR) is 83.3 cm³/mol. The van der Waals surface area contributed by atoms with Gasteiger partial charge in [-0.15, -0.1) is 0 Å². The average Bonchev–Trinajstić information content (AvgIpc) is 2.37. The van der Waals surface area contributed by atoms with Gasteiger partial charge in [-0.3, -0.25) is 0 Å². The van der Waals surface area contributed by atoms with E-state index in [0.29, 0.717) is 5.92 Å². The molecular weight excluding hydrogens is 218 g/mol. The zero-order valence-corrected chi connectivity index (χ0v) is 12.1. The van der Waals surface area contributed by atoms with Crippen molar-refractivity contribution in [2.75, 3.05) is 0 Å². The largest absolute Gasteiger partial charge is 0.399 e. The van der Waals surface area contributed by atoms with Crippen LogP contribution in [0.5, 0.6) is 0 Å². The number of allylic oxidation sites excluding steroid dienone is 5. The lowest BCUT2D eigenvalue weighted by molar-refractivity contribution is 0.504. The van der Waals surface area contributed by atoms with Crippen molar-refractivity contribution in [2.24, 2.45) is 11.7 Å². The molecule has 18 heavy (non-hydrogen) atoms. The Balaban J connectivity index is 4.52. The predicted octanol–water partition coefficient (Wildman–Crippen LogP) is 5.12. The maximum Gasteiger partial charge on any atom is 0.0316 e. The second kappa shape index (κ2) is 10.9. The summed E-state index contributed by atoms with van der Waals surface area (Å²) in [4.78, 5) is 0. The third-order valence-electron chi connectivity index (χ3n) is 3.25. The van der Waals surface area contributed by atoms with Gasteiger partial charge in [-0.05, 0) is 36.5 Å². The molecule has 0 rings (SSSR count). The first kappa shape index (κ1) is 16.8. The van der Waals surface area contributed by atoms with E-state index in [4.69, 9.17) is 5.73 Å². The molecule has 2 N–H and O–H groups in total. The molecule has 1 heteroatoms. The van der Waals surface area contributed by atoms with Gasteiger partial charge >= 0.3 is 0 Å². The van der Waals surface area contributed by atoms with E-state index in [1.807, 2.05) is 18.2 Å². The van der Waals surface area contributed by atoms with Crippen molar-refractivity contribution >= 4 is 0 Å². The van der Waals surface area contributed by atoms with Crippen LogP contribution < -0.4 is 5.73 Å². The standard InChI is InChI=1S/C17H29N/c1-5-9-10-11-13-15(7-3)16(8-4)14-17(18)12-6-2/h6,8,12,14-15H,2,4-5,7,9-11,13,18H2,1,3H3/b16-14+,17-12+. The molecule has 0 aromatic rings. The van der Waals surface area contributed by atoms with E-state index in [0.717, 1.165) is 12.1 Å². The van der Waals surface area contributed by atoms with Crippen LogP contribution in [0.4, 0.5) is 0 Å². The molecule has 0 bridgehead atoms. The lowest BCUT2D eigenvalue weighted by Gasteiger charge is -2.16. The van der Waals surface area contributed by atoms with Crippen molar-refractivity contribution in [2.45, 2.75) is 52.4 Å². The zero-order chi connectivity index (χ0) is 13.8. The summed E-state index contributed by atoms with van der Waals surface area (Å²) in [7, 11) is 0. The Bertz CT molecular complexity index is 297. The van der Waals surface area contributed by atoms with Gasteiger partial charge in [0.05, 0.1) is 0 Å². The molecule has 1 nitrogen and oxygen atoms in total. The SMILES string of the molecule is C=C/C=C(N)\C=C(/C=C)C(CC)CCCCCC. The molecule has 0 heterocycles. The highest BCUT2D eigenvalue weighted by Gasteiger charge is 2.09. The summed E-state index contributed by atoms with van der Waals surface area (Å²) in [5.41, 5.74) is 7.91. The number of hydrogen-bond acceptors (Lipinski definition) is 1. The molecule has 0 aliphatic rings. The normalized spacial score (nSPS) is 14.3. The van der Waals surface area contributed by atoms with Gasteiger partial charge in [-0.1, -0.05) is 64.8 Å². The number of unbranched alkanes of at least 4 members (excludes halogenated alkanes) is 3. The van der Waals surface area contributed by atoms with Crippen LogP contribution in [0.15, 0.2) is 48.7 Å². The first-order chi connectivity index (χ1) is 8.69. The molecule has 0 spiro atoms. The van der Waals surface area contributed by atoms with Crippen molar-refractivity contribution in [1.82, 2.24) is 0 Å². The molecule has 0 aliphatic carbocycles. The maximum absolute atomic E-state index is 5.90. The highest BCUT2D eigenvalue weighted by atomic mass is 14.6. The Morgan fingerprint density at radius 2 is 1.89 bits per heavy atom. The smallest absolute Gasteiger partial charge is 0.0316 e. The van der Waals surface area contributed by atoms with E-state index in [1.54, 1.807) is 6.08 Å². The van der Waals surface area contributed by atoms with Gasteiger partial charge in [0.2, 0.25) is 0 Å². The van der Waals surface area contributed by atoms with Crippen molar-refractivity contribution < 1.29 is 0 Å². The zero-order valence-electron chi connectivity index (χ0n) is 12.1. The Morgan fingerprint density at radius 1 is 1.17 bits per heavy atom. The Kier molecular flexibility index (Phi) is 10.1. The highest BCUT2D eigenvalue weighted by Crippen LogP contribution is 2.23. The number of rotatable bonds is 10. The molecular formula is C17H29N. The second-order valence-corrected chi connectivity index (χ2v) is 4.71. The van der Waals surface area contributed by atoms with Crippen LogP contribution in [0.2, 0.25) is 0 Å². The van der Waals surface area contributed by atoms with Gasteiger partial charge in [0.15, 0.2) is 0 Å². The summed E-state index contributed by atoms with van der Waals surface area (Å²) < 4.78 is 0. The monoisotopic (exact) mass is 247 g/mol. The van der Waals surface area contributed by atoms with Crippen molar-refractivity contribution in [1.29, 1.82) is 0 Å². The van der Waals surface area contributed by atoms with Gasteiger partial charge in [0, 0.05) is 5.70 Å². The van der Waals surface area contributed by atoms with Gasteiger partial charge in [-0.25, -0.2) is 0 Å². The van der Waals surface area contributed by atoms with Crippen molar-refractivity contribution in [3.63, 3.8) is 0 Å². The molecule has 0 saturated heterocycles. The fourth-order valence-electron chi connectivity index (χ4n) is 2.14. The topological polar surface area (TPSA) is 26.0 Å². The summed E-state index contributed by atoms with van der Waals surface area (Å²) in [6.45, 7) is 12.0. The molecule has 1 atom stereocenters. The number of hydrogen-bond donors (Lipinski definition) is 1. The highest BCUT2D eigenvalue weighted by molar-refractivity contribution is 5.30. The van der Waals surface area contributed by atoms with Crippen molar-refractivity contribution in [3.05, 3.63) is 48.7 Å². The fourth-order valence-corrected chi connectivity index (χ4v) is 2.14. The Labute approximate surface area is 113 Å².